The van der Waals surface area contributed by atoms with Crippen LogP contribution in [-0.4, -0.2) is 5.91 Å². The van der Waals surface area contributed by atoms with Crippen LogP contribution in [0.2, 0.25) is 0 Å². The Kier molecular flexibility index (Phi) is 4.61. The van der Waals surface area contributed by atoms with Gasteiger partial charge in [0.25, 0.3) is 5.91 Å². The summed E-state index contributed by atoms with van der Waals surface area (Å²) >= 11 is 0. The normalized spacial score (nSPS) is 15.4. The molecule has 0 aliphatic heterocycles. The number of carbonyl (C=O) groups is 1. The molecule has 136 valence electrons. The van der Waals surface area contributed by atoms with Gasteiger partial charge in [0.15, 0.2) is 0 Å². The fourth-order valence-electron chi connectivity index (χ4n) is 3.03. The number of carbonyl (C=O) groups excluding carboxylic acids is 1. The average Bonchev–Trinajstić information content (AvgIpc) is 3.35. The Morgan fingerprint density at radius 3 is 2.35 bits per heavy atom. The Morgan fingerprint density at radius 1 is 1.12 bits per heavy atom. The lowest BCUT2D eigenvalue weighted by molar-refractivity contribution is -0.137. The van der Waals surface area contributed by atoms with Crippen LogP contribution in [0.5, 0.6) is 0 Å². The van der Waals surface area contributed by atoms with E-state index < -0.39 is 28.9 Å². The molecular formula is C20H17F4NO. The first-order valence-corrected chi connectivity index (χ1v) is 8.13. The largest absolute Gasteiger partial charge is 0.416 e. The van der Waals surface area contributed by atoms with E-state index in [1.54, 1.807) is 30.3 Å². The molecule has 0 atom stereocenters. The molecule has 26 heavy (non-hydrogen) atoms. The molecule has 1 N–H and O–H groups in total. The van der Waals surface area contributed by atoms with Crippen molar-refractivity contribution in [3.63, 3.8) is 0 Å². The molecule has 1 amide bonds. The number of rotatable bonds is 5. The highest BCUT2D eigenvalue weighted by Gasteiger charge is 2.47. The van der Waals surface area contributed by atoms with Gasteiger partial charge in [0, 0.05) is 16.7 Å². The van der Waals surface area contributed by atoms with Crippen LogP contribution in [-0.2, 0) is 16.4 Å². The van der Waals surface area contributed by atoms with Gasteiger partial charge in [-0.2, -0.15) is 13.2 Å². The molecule has 0 spiro atoms. The van der Waals surface area contributed by atoms with Gasteiger partial charge < -0.3 is 5.32 Å². The average molecular weight is 363 g/mol. The number of para-hydroxylation sites is 1. The molecule has 3 rings (SSSR count). The molecule has 0 aromatic heterocycles. The summed E-state index contributed by atoms with van der Waals surface area (Å²) in [6.45, 7) is 3.75. The Bertz CT molecular complexity index is 839. The summed E-state index contributed by atoms with van der Waals surface area (Å²) in [5.74, 6) is -1.11. The van der Waals surface area contributed by atoms with Crippen LogP contribution in [0, 0.1) is 5.82 Å². The molecule has 0 bridgehead atoms. The molecule has 2 nitrogen and oxygen atoms in total. The van der Waals surface area contributed by atoms with Gasteiger partial charge in [0.2, 0.25) is 0 Å². The second-order valence-electron chi connectivity index (χ2n) is 6.57. The van der Waals surface area contributed by atoms with E-state index in [9.17, 15) is 22.4 Å². The maximum Gasteiger partial charge on any atom is 0.416 e. The van der Waals surface area contributed by atoms with E-state index in [1.165, 1.54) is 0 Å². The predicted octanol–water partition coefficient (Wildman–Crippen LogP) is 5.46. The van der Waals surface area contributed by atoms with Crippen LogP contribution in [0.1, 0.15) is 30.4 Å². The Morgan fingerprint density at radius 2 is 1.77 bits per heavy atom. The second kappa shape index (κ2) is 6.59. The van der Waals surface area contributed by atoms with Gasteiger partial charge in [-0.15, -0.1) is 0 Å². The molecule has 1 saturated carbocycles. The fourth-order valence-corrected chi connectivity index (χ4v) is 3.03. The van der Waals surface area contributed by atoms with E-state index in [0.29, 0.717) is 18.5 Å². The van der Waals surface area contributed by atoms with Gasteiger partial charge in [-0.25, -0.2) is 4.39 Å². The third-order valence-electron chi connectivity index (χ3n) is 4.62. The molecule has 0 heterocycles. The summed E-state index contributed by atoms with van der Waals surface area (Å²) in [6.07, 6.45) is -3.39. The van der Waals surface area contributed by atoms with Crippen LogP contribution in [0.15, 0.2) is 60.7 Å². The number of nitrogens with one attached hydrogen (secondary N) is 1. The lowest BCUT2D eigenvalue weighted by Crippen LogP contribution is -2.19. The van der Waals surface area contributed by atoms with Crippen molar-refractivity contribution >= 4 is 11.6 Å². The molecule has 1 fully saturated rings. The standard InChI is InChI=1S/C20H17F4NO/c1-13(18(26)25-15-5-3-2-4-6-15)12-19(9-10-19)16-11-14(20(22,23)24)7-8-17(16)21/h2-8,11H,1,9-10,12H2,(H,25,26). The van der Waals surface area contributed by atoms with E-state index in [-0.39, 0.29) is 17.6 Å². The molecule has 6 heteroatoms. The van der Waals surface area contributed by atoms with E-state index in [0.717, 1.165) is 18.2 Å². The SMILES string of the molecule is C=C(CC1(c2cc(C(F)(F)F)ccc2F)CC1)C(=O)Nc1ccccc1. The molecule has 2 aromatic carbocycles. The number of halogens is 4. The minimum atomic E-state index is -4.54. The zero-order valence-corrected chi connectivity index (χ0v) is 13.9. The van der Waals surface area contributed by atoms with Gasteiger partial charge in [-0.1, -0.05) is 24.8 Å². The molecule has 1 aliphatic rings. The lowest BCUT2D eigenvalue weighted by atomic mass is 9.87. The van der Waals surface area contributed by atoms with Gasteiger partial charge in [0.05, 0.1) is 5.56 Å². The minimum absolute atomic E-state index is 0.000913. The van der Waals surface area contributed by atoms with E-state index in [4.69, 9.17) is 0 Å². The smallest absolute Gasteiger partial charge is 0.322 e. The molecule has 0 unspecified atom stereocenters. The number of benzene rings is 2. The third-order valence-corrected chi connectivity index (χ3v) is 4.62. The van der Waals surface area contributed by atoms with Gasteiger partial charge in [-0.05, 0) is 55.2 Å². The van der Waals surface area contributed by atoms with Crippen LogP contribution in [0.25, 0.3) is 0 Å². The Hall–Kier alpha value is -2.63. The van der Waals surface area contributed by atoms with Gasteiger partial charge in [0.1, 0.15) is 5.82 Å². The van der Waals surface area contributed by atoms with Crippen molar-refractivity contribution in [3.8, 4) is 0 Å². The summed E-state index contributed by atoms with van der Waals surface area (Å²) < 4.78 is 53.0. The van der Waals surface area contributed by atoms with Crippen LogP contribution >= 0.6 is 0 Å². The predicted molar refractivity (Wildman–Crippen MR) is 91.1 cm³/mol. The highest BCUT2D eigenvalue weighted by atomic mass is 19.4. The molecule has 0 saturated heterocycles. The van der Waals surface area contributed by atoms with Crippen molar-refractivity contribution in [3.05, 3.63) is 77.6 Å². The van der Waals surface area contributed by atoms with Gasteiger partial charge in [-0.3, -0.25) is 4.79 Å². The number of anilines is 1. The Balaban J connectivity index is 1.77. The number of alkyl halides is 3. The second-order valence-corrected chi connectivity index (χ2v) is 6.57. The summed E-state index contributed by atoms with van der Waals surface area (Å²) in [6, 6.07) is 11.2. The number of hydrogen-bond donors (Lipinski definition) is 1. The molecule has 0 radical (unpaired) electrons. The maximum atomic E-state index is 14.2. The zero-order chi connectivity index (χ0) is 18.9. The number of amides is 1. The Labute approximate surface area is 148 Å². The topological polar surface area (TPSA) is 29.1 Å². The summed E-state index contributed by atoms with van der Waals surface area (Å²) in [5.41, 5.74) is -0.881. The number of hydrogen-bond acceptors (Lipinski definition) is 1. The van der Waals surface area contributed by atoms with E-state index >= 15 is 0 Å². The third kappa shape index (κ3) is 3.79. The maximum absolute atomic E-state index is 14.2. The summed E-state index contributed by atoms with van der Waals surface area (Å²) in [5, 5.41) is 2.68. The molecule has 1 aliphatic carbocycles. The van der Waals surface area contributed by atoms with Gasteiger partial charge >= 0.3 is 6.18 Å². The van der Waals surface area contributed by atoms with Crippen molar-refractivity contribution in [2.24, 2.45) is 0 Å². The minimum Gasteiger partial charge on any atom is -0.322 e. The van der Waals surface area contributed by atoms with Crippen molar-refractivity contribution in [1.29, 1.82) is 0 Å². The lowest BCUT2D eigenvalue weighted by Gasteiger charge is -2.19. The highest BCUT2D eigenvalue weighted by Crippen LogP contribution is 2.54. The monoisotopic (exact) mass is 363 g/mol. The summed E-state index contributed by atoms with van der Waals surface area (Å²) in [4.78, 5) is 12.3. The quantitative estimate of drug-likeness (QED) is 0.555. The molecule has 2 aromatic rings. The van der Waals surface area contributed by atoms with Crippen LogP contribution in [0.3, 0.4) is 0 Å². The zero-order valence-electron chi connectivity index (χ0n) is 13.9. The van der Waals surface area contributed by atoms with Crippen molar-refractivity contribution < 1.29 is 22.4 Å². The molecular weight excluding hydrogens is 346 g/mol. The fraction of sp³-hybridized carbons (Fsp3) is 0.250. The first-order valence-electron chi connectivity index (χ1n) is 8.13. The first kappa shape index (κ1) is 18.2. The van der Waals surface area contributed by atoms with Crippen LogP contribution in [0.4, 0.5) is 23.2 Å². The first-order chi connectivity index (χ1) is 12.2. The van der Waals surface area contributed by atoms with E-state index in [1.807, 2.05) is 0 Å². The summed E-state index contributed by atoms with van der Waals surface area (Å²) in [7, 11) is 0. The van der Waals surface area contributed by atoms with Crippen molar-refractivity contribution in [2.75, 3.05) is 5.32 Å². The van der Waals surface area contributed by atoms with E-state index in [2.05, 4.69) is 11.9 Å². The van der Waals surface area contributed by atoms with Crippen molar-refractivity contribution in [2.45, 2.75) is 30.9 Å². The van der Waals surface area contributed by atoms with Crippen LogP contribution < -0.4 is 5.32 Å². The van der Waals surface area contributed by atoms with Crippen molar-refractivity contribution in [1.82, 2.24) is 0 Å². The highest BCUT2D eigenvalue weighted by molar-refractivity contribution is 6.03.